The zero-order valence-electron chi connectivity index (χ0n) is 12.8. The first-order valence-corrected chi connectivity index (χ1v) is 7.65. The van der Waals surface area contributed by atoms with E-state index in [0.717, 1.165) is 12.1 Å². The highest BCUT2D eigenvalue weighted by Gasteiger charge is 2.17. The number of carbonyl (C=O) groups excluding carboxylic acids is 1. The first kappa shape index (κ1) is 15.0. The molecule has 0 unspecified atom stereocenters. The molecule has 3 heteroatoms. The van der Waals surface area contributed by atoms with Gasteiger partial charge in [-0.3, -0.25) is 9.78 Å². The molecule has 23 heavy (non-hydrogen) atoms. The third-order valence-corrected chi connectivity index (χ3v) is 3.71. The molecule has 2 aromatic carbocycles. The first-order valence-electron chi connectivity index (χ1n) is 7.65. The number of carbonyl (C=O) groups is 1. The monoisotopic (exact) mass is 302 g/mol. The maximum absolute atomic E-state index is 12.9. The Morgan fingerprint density at radius 2 is 1.43 bits per heavy atom. The van der Waals surface area contributed by atoms with Crippen LogP contribution < -0.4 is 4.90 Å². The summed E-state index contributed by atoms with van der Waals surface area (Å²) < 4.78 is 0. The van der Waals surface area contributed by atoms with Crippen LogP contribution in [0.5, 0.6) is 0 Å². The van der Waals surface area contributed by atoms with Crippen molar-refractivity contribution in [3.05, 3.63) is 96.3 Å². The molecule has 0 spiro atoms. The highest BCUT2D eigenvalue weighted by molar-refractivity contribution is 6.06. The Balaban J connectivity index is 1.84. The van der Waals surface area contributed by atoms with Gasteiger partial charge in [-0.05, 0) is 36.2 Å². The normalized spacial score (nSPS) is 10.3. The number of anilines is 1. The molecule has 0 N–H and O–H groups in total. The number of benzene rings is 2. The average Bonchev–Trinajstić information content (AvgIpc) is 2.64. The highest BCUT2D eigenvalue weighted by Crippen LogP contribution is 2.17. The summed E-state index contributed by atoms with van der Waals surface area (Å²) in [7, 11) is 0. The van der Waals surface area contributed by atoms with Crippen molar-refractivity contribution in [1.29, 1.82) is 0 Å². The van der Waals surface area contributed by atoms with E-state index in [1.165, 1.54) is 5.56 Å². The molecular weight excluding hydrogens is 284 g/mol. The van der Waals surface area contributed by atoms with Gasteiger partial charge >= 0.3 is 0 Å². The summed E-state index contributed by atoms with van der Waals surface area (Å²) in [6.07, 6.45) is 4.10. The van der Waals surface area contributed by atoms with Gasteiger partial charge in [-0.25, -0.2) is 0 Å². The number of pyridine rings is 1. The van der Waals surface area contributed by atoms with Crippen molar-refractivity contribution in [2.75, 3.05) is 11.4 Å². The Bertz CT molecular complexity index is 742. The van der Waals surface area contributed by atoms with Crippen molar-refractivity contribution >= 4 is 11.6 Å². The van der Waals surface area contributed by atoms with Crippen molar-refractivity contribution in [2.45, 2.75) is 6.42 Å². The fraction of sp³-hybridized carbons (Fsp3) is 0.100. The Morgan fingerprint density at radius 3 is 2.09 bits per heavy atom. The maximum atomic E-state index is 12.9. The fourth-order valence-electron chi connectivity index (χ4n) is 2.49. The number of amides is 1. The van der Waals surface area contributed by atoms with Crippen LogP contribution in [0, 0.1) is 0 Å². The number of para-hydroxylation sites is 1. The van der Waals surface area contributed by atoms with Crippen LogP contribution in [0.3, 0.4) is 0 Å². The van der Waals surface area contributed by atoms with E-state index in [1.54, 1.807) is 24.5 Å². The molecule has 0 saturated carbocycles. The molecule has 0 radical (unpaired) electrons. The third kappa shape index (κ3) is 3.83. The van der Waals surface area contributed by atoms with Crippen molar-refractivity contribution in [2.24, 2.45) is 0 Å². The zero-order valence-corrected chi connectivity index (χ0v) is 12.8. The van der Waals surface area contributed by atoms with Gasteiger partial charge in [0.2, 0.25) is 0 Å². The van der Waals surface area contributed by atoms with Gasteiger partial charge < -0.3 is 4.90 Å². The highest BCUT2D eigenvalue weighted by atomic mass is 16.2. The van der Waals surface area contributed by atoms with Crippen LogP contribution >= 0.6 is 0 Å². The fourth-order valence-corrected chi connectivity index (χ4v) is 2.49. The van der Waals surface area contributed by atoms with Crippen LogP contribution in [0.15, 0.2) is 85.2 Å². The molecule has 114 valence electrons. The minimum atomic E-state index is -0.00506. The van der Waals surface area contributed by atoms with Crippen molar-refractivity contribution in [3.63, 3.8) is 0 Å². The number of hydrogen-bond acceptors (Lipinski definition) is 2. The summed E-state index contributed by atoms with van der Waals surface area (Å²) in [5.41, 5.74) is 2.78. The number of rotatable bonds is 5. The molecule has 0 saturated heterocycles. The molecule has 3 rings (SSSR count). The summed E-state index contributed by atoms with van der Waals surface area (Å²) in [6, 6.07) is 23.5. The predicted molar refractivity (Wildman–Crippen MR) is 92.5 cm³/mol. The molecule has 0 aliphatic heterocycles. The van der Waals surface area contributed by atoms with Crippen LogP contribution in [0.2, 0.25) is 0 Å². The van der Waals surface area contributed by atoms with E-state index in [2.05, 4.69) is 17.1 Å². The lowest BCUT2D eigenvalue weighted by Crippen LogP contribution is -2.32. The van der Waals surface area contributed by atoms with Crippen LogP contribution in [0.25, 0.3) is 0 Å². The largest absolute Gasteiger partial charge is 0.308 e. The number of aromatic nitrogens is 1. The van der Waals surface area contributed by atoms with Crippen LogP contribution in [-0.4, -0.2) is 17.4 Å². The van der Waals surface area contributed by atoms with Crippen LogP contribution in [-0.2, 0) is 6.42 Å². The molecule has 0 bridgehead atoms. The second-order valence-electron chi connectivity index (χ2n) is 5.26. The molecule has 1 amide bonds. The molecule has 0 aliphatic carbocycles. The topological polar surface area (TPSA) is 33.2 Å². The van der Waals surface area contributed by atoms with E-state index >= 15 is 0 Å². The number of nitrogens with zero attached hydrogens (tertiary/aromatic N) is 2. The lowest BCUT2D eigenvalue weighted by atomic mass is 10.1. The molecule has 0 aliphatic rings. The zero-order chi connectivity index (χ0) is 15.9. The minimum Gasteiger partial charge on any atom is -0.308 e. The van der Waals surface area contributed by atoms with Crippen molar-refractivity contribution in [3.8, 4) is 0 Å². The van der Waals surface area contributed by atoms with Crippen molar-refractivity contribution < 1.29 is 4.79 Å². The molecular formula is C20H18N2O. The molecule has 3 nitrogen and oxygen atoms in total. The molecule has 0 fully saturated rings. The van der Waals surface area contributed by atoms with E-state index in [0.29, 0.717) is 12.1 Å². The van der Waals surface area contributed by atoms with Gasteiger partial charge in [0.15, 0.2) is 0 Å². The Kier molecular flexibility index (Phi) is 4.79. The maximum Gasteiger partial charge on any atom is 0.258 e. The van der Waals surface area contributed by atoms with E-state index in [1.807, 2.05) is 53.4 Å². The molecule has 0 atom stereocenters. The summed E-state index contributed by atoms with van der Waals surface area (Å²) in [5.74, 6) is -0.00506. The van der Waals surface area contributed by atoms with Gasteiger partial charge in [-0.2, -0.15) is 0 Å². The van der Waals surface area contributed by atoms with Crippen molar-refractivity contribution in [1.82, 2.24) is 4.98 Å². The summed E-state index contributed by atoms with van der Waals surface area (Å²) in [4.78, 5) is 18.7. The Hall–Kier alpha value is -2.94. The standard InChI is InChI=1S/C20H18N2O/c23-20(18-11-14-21-15-12-18)22(19-9-5-2-6-10-19)16-13-17-7-3-1-4-8-17/h1-12,14-15H,13,16H2. The van der Waals surface area contributed by atoms with Gasteiger partial charge in [0.05, 0.1) is 0 Å². The SMILES string of the molecule is O=C(c1ccncc1)N(CCc1ccccc1)c1ccccc1. The van der Waals surface area contributed by atoms with E-state index < -0.39 is 0 Å². The molecule has 3 aromatic rings. The quantitative estimate of drug-likeness (QED) is 0.714. The molecule has 1 heterocycles. The smallest absolute Gasteiger partial charge is 0.258 e. The average molecular weight is 302 g/mol. The minimum absolute atomic E-state index is 0.00506. The second-order valence-corrected chi connectivity index (χ2v) is 5.26. The van der Waals surface area contributed by atoms with Gasteiger partial charge in [0.25, 0.3) is 5.91 Å². The first-order chi connectivity index (χ1) is 11.3. The lowest BCUT2D eigenvalue weighted by Gasteiger charge is -2.23. The lowest BCUT2D eigenvalue weighted by molar-refractivity contribution is 0.0987. The predicted octanol–water partition coefficient (Wildman–Crippen LogP) is 3.97. The third-order valence-electron chi connectivity index (χ3n) is 3.71. The Morgan fingerprint density at radius 1 is 0.826 bits per heavy atom. The number of hydrogen-bond donors (Lipinski definition) is 0. The van der Waals surface area contributed by atoms with Gasteiger partial charge in [-0.15, -0.1) is 0 Å². The van der Waals surface area contributed by atoms with Crippen LogP contribution in [0.4, 0.5) is 5.69 Å². The van der Waals surface area contributed by atoms with Gasteiger partial charge in [0.1, 0.15) is 0 Å². The summed E-state index contributed by atoms with van der Waals surface area (Å²) >= 11 is 0. The summed E-state index contributed by atoms with van der Waals surface area (Å²) in [5, 5.41) is 0. The molecule has 1 aromatic heterocycles. The van der Waals surface area contributed by atoms with Crippen LogP contribution in [0.1, 0.15) is 15.9 Å². The summed E-state index contributed by atoms with van der Waals surface area (Å²) in [6.45, 7) is 0.634. The van der Waals surface area contributed by atoms with E-state index in [9.17, 15) is 4.79 Å². The van der Waals surface area contributed by atoms with Gasteiger partial charge in [0, 0.05) is 30.2 Å². The second kappa shape index (κ2) is 7.36. The van der Waals surface area contributed by atoms with E-state index in [4.69, 9.17) is 0 Å². The van der Waals surface area contributed by atoms with E-state index in [-0.39, 0.29) is 5.91 Å². The van der Waals surface area contributed by atoms with Gasteiger partial charge in [-0.1, -0.05) is 48.5 Å². The Labute approximate surface area is 136 Å².